The predicted molar refractivity (Wildman–Crippen MR) is 99.8 cm³/mol. The number of methoxy groups -OCH3 is 2. The van der Waals surface area contributed by atoms with Crippen LogP contribution in [0, 0.1) is 0 Å². The molecule has 0 amide bonds. The molecule has 0 fully saturated rings. The summed E-state index contributed by atoms with van der Waals surface area (Å²) in [5, 5.41) is 0. The number of nitrogens with zero attached hydrogens (tertiary/aromatic N) is 2. The number of hydrogen-bond donors (Lipinski definition) is 1. The Labute approximate surface area is 147 Å². The average molecular weight is 335 g/mol. The van der Waals surface area contributed by atoms with Gasteiger partial charge in [0.2, 0.25) is 0 Å². The number of aryl methyl sites for hydroxylation is 1. The molecule has 3 rings (SSSR count). The van der Waals surface area contributed by atoms with E-state index in [1.165, 1.54) is 0 Å². The van der Waals surface area contributed by atoms with Crippen LogP contribution in [0.3, 0.4) is 0 Å². The van der Waals surface area contributed by atoms with E-state index in [0.29, 0.717) is 23.1 Å². The number of aromatic nitrogens is 2. The SMILES string of the molecule is CCc1cc(OC)c(OC)cc1-c1cc(N)nc(-c2ccccc2)n1. The smallest absolute Gasteiger partial charge is 0.162 e. The molecule has 1 heterocycles. The van der Waals surface area contributed by atoms with Gasteiger partial charge in [-0.25, -0.2) is 9.97 Å². The summed E-state index contributed by atoms with van der Waals surface area (Å²) in [6.45, 7) is 2.09. The van der Waals surface area contributed by atoms with Gasteiger partial charge >= 0.3 is 0 Å². The molecule has 3 aromatic rings. The normalized spacial score (nSPS) is 10.5. The molecular weight excluding hydrogens is 314 g/mol. The van der Waals surface area contributed by atoms with Gasteiger partial charge in [-0.15, -0.1) is 0 Å². The van der Waals surface area contributed by atoms with E-state index < -0.39 is 0 Å². The standard InChI is InChI=1S/C20H21N3O2/c1-4-13-10-17(24-2)18(25-3)11-15(13)16-12-19(21)23-20(22-16)14-8-6-5-7-9-14/h5-12H,4H2,1-3H3,(H2,21,22,23). The number of anilines is 1. The number of rotatable bonds is 5. The molecule has 128 valence electrons. The van der Waals surface area contributed by atoms with Crippen molar-refractivity contribution >= 4 is 5.82 Å². The molecule has 0 atom stereocenters. The Bertz CT molecular complexity index is 880. The summed E-state index contributed by atoms with van der Waals surface area (Å²) < 4.78 is 10.8. The third-order valence-corrected chi connectivity index (χ3v) is 4.04. The van der Waals surface area contributed by atoms with Crippen LogP contribution < -0.4 is 15.2 Å². The summed E-state index contributed by atoms with van der Waals surface area (Å²) in [5.41, 5.74) is 9.81. The summed E-state index contributed by atoms with van der Waals surface area (Å²) in [7, 11) is 3.25. The fraction of sp³-hybridized carbons (Fsp3) is 0.200. The lowest BCUT2D eigenvalue weighted by molar-refractivity contribution is 0.354. The number of nitrogens with two attached hydrogens (primary N) is 1. The topological polar surface area (TPSA) is 70.3 Å². The minimum absolute atomic E-state index is 0.431. The molecule has 0 saturated carbocycles. The molecule has 5 heteroatoms. The highest BCUT2D eigenvalue weighted by Crippen LogP contribution is 2.36. The molecular formula is C20H21N3O2. The summed E-state index contributed by atoms with van der Waals surface area (Å²) in [4.78, 5) is 9.10. The maximum absolute atomic E-state index is 6.05. The second kappa shape index (κ2) is 7.21. The lowest BCUT2D eigenvalue weighted by Gasteiger charge is -2.14. The van der Waals surface area contributed by atoms with E-state index in [1.54, 1.807) is 20.3 Å². The zero-order valence-corrected chi connectivity index (χ0v) is 14.6. The first kappa shape index (κ1) is 16.8. The van der Waals surface area contributed by atoms with Gasteiger partial charge < -0.3 is 15.2 Å². The van der Waals surface area contributed by atoms with Gasteiger partial charge in [0.15, 0.2) is 17.3 Å². The molecule has 0 spiro atoms. The van der Waals surface area contributed by atoms with E-state index >= 15 is 0 Å². The molecule has 0 unspecified atom stereocenters. The van der Waals surface area contributed by atoms with Crippen molar-refractivity contribution in [2.45, 2.75) is 13.3 Å². The molecule has 0 saturated heterocycles. The van der Waals surface area contributed by atoms with Crippen molar-refractivity contribution in [3.05, 3.63) is 54.1 Å². The molecule has 0 radical (unpaired) electrons. The van der Waals surface area contributed by atoms with Crippen molar-refractivity contribution in [1.82, 2.24) is 9.97 Å². The third kappa shape index (κ3) is 3.40. The van der Waals surface area contributed by atoms with Crippen LogP contribution in [-0.2, 0) is 6.42 Å². The van der Waals surface area contributed by atoms with Crippen molar-refractivity contribution in [2.24, 2.45) is 0 Å². The maximum atomic E-state index is 6.05. The highest BCUT2D eigenvalue weighted by Gasteiger charge is 2.15. The van der Waals surface area contributed by atoms with Crippen LogP contribution in [0.2, 0.25) is 0 Å². The van der Waals surface area contributed by atoms with Crippen LogP contribution in [0.25, 0.3) is 22.6 Å². The van der Waals surface area contributed by atoms with Crippen molar-refractivity contribution in [2.75, 3.05) is 20.0 Å². The van der Waals surface area contributed by atoms with Gasteiger partial charge in [-0.1, -0.05) is 37.3 Å². The first-order chi connectivity index (χ1) is 12.2. The number of nitrogen functional groups attached to an aromatic ring is 1. The van der Waals surface area contributed by atoms with Crippen LogP contribution in [0.1, 0.15) is 12.5 Å². The minimum atomic E-state index is 0.431. The van der Waals surface area contributed by atoms with Gasteiger partial charge in [-0.3, -0.25) is 0 Å². The van der Waals surface area contributed by atoms with Crippen LogP contribution in [0.4, 0.5) is 5.82 Å². The maximum Gasteiger partial charge on any atom is 0.162 e. The van der Waals surface area contributed by atoms with Crippen molar-refractivity contribution in [3.8, 4) is 34.1 Å². The van der Waals surface area contributed by atoms with E-state index in [1.807, 2.05) is 42.5 Å². The van der Waals surface area contributed by atoms with Crippen molar-refractivity contribution < 1.29 is 9.47 Å². The fourth-order valence-corrected chi connectivity index (χ4v) is 2.77. The molecule has 2 aromatic carbocycles. The van der Waals surface area contributed by atoms with Crippen LogP contribution >= 0.6 is 0 Å². The zero-order chi connectivity index (χ0) is 17.8. The summed E-state index contributed by atoms with van der Waals surface area (Å²) in [6.07, 6.45) is 0.834. The Morgan fingerprint density at radius 2 is 1.60 bits per heavy atom. The second-order valence-electron chi connectivity index (χ2n) is 5.59. The van der Waals surface area contributed by atoms with Crippen LogP contribution in [0.5, 0.6) is 11.5 Å². The van der Waals surface area contributed by atoms with Gasteiger partial charge in [0.25, 0.3) is 0 Å². The number of hydrogen-bond acceptors (Lipinski definition) is 5. The summed E-state index contributed by atoms with van der Waals surface area (Å²) in [6, 6.07) is 15.5. The van der Waals surface area contributed by atoms with Crippen molar-refractivity contribution in [1.29, 1.82) is 0 Å². The van der Waals surface area contributed by atoms with Gasteiger partial charge in [0.05, 0.1) is 19.9 Å². The minimum Gasteiger partial charge on any atom is -0.493 e. The van der Waals surface area contributed by atoms with Gasteiger partial charge in [-0.2, -0.15) is 0 Å². The molecule has 1 aromatic heterocycles. The predicted octanol–water partition coefficient (Wildman–Crippen LogP) is 3.97. The zero-order valence-electron chi connectivity index (χ0n) is 14.6. The second-order valence-corrected chi connectivity index (χ2v) is 5.59. The highest BCUT2D eigenvalue weighted by molar-refractivity contribution is 5.72. The third-order valence-electron chi connectivity index (χ3n) is 4.04. The molecule has 0 aliphatic rings. The first-order valence-corrected chi connectivity index (χ1v) is 8.11. The lowest BCUT2D eigenvalue weighted by Crippen LogP contribution is -2.01. The van der Waals surface area contributed by atoms with Crippen LogP contribution in [0.15, 0.2) is 48.5 Å². The Kier molecular flexibility index (Phi) is 4.84. The average Bonchev–Trinajstić information content (AvgIpc) is 2.67. The Hall–Kier alpha value is -3.08. The molecule has 0 bridgehead atoms. The number of benzene rings is 2. The van der Waals surface area contributed by atoms with Gasteiger partial charge in [0, 0.05) is 17.2 Å². The largest absolute Gasteiger partial charge is 0.493 e. The monoisotopic (exact) mass is 335 g/mol. The Balaban J connectivity index is 2.18. The summed E-state index contributed by atoms with van der Waals surface area (Å²) in [5.74, 6) is 2.40. The number of ether oxygens (including phenoxy) is 2. The first-order valence-electron chi connectivity index (χ1n) is 8.11. The molecule has 2 N–H and O–H groups in total. The Morgan fingerprint density at radius 1 is 0.920 bits per heavy atom. The quantitative estimate of drug-likeness (QED) is 0.764. The molecule has 25 heavy (non-hydrogen) atoms. The van der Waals surface area contributed by atoms with E-state index in [4.69, 9.17) is 20.2 Å². The van der Waals surface area contributed by atoms with E-state index in [2.05, 4.69) is 11.9 Å². The van der Waals surface area contributed by atoms with Crippen LogP contribution in [-0.4, -0.2) is 24.2 Å². The van der Waals surface area contributed by atoms with Crippen molar-refractivity contribution in [3.63, 3.8) is 0 Å². The highest BCUT2D eigenvalue weighted by atomic mass is 16.5. The Morgan fingerprint density at radius 3 is 2.24 bits per heavy atom. The van der Waals surface area contributed by atoms with E-state index in [-0.39, 0.29) is 0 Å². The van der Waals surface area contributed by atoms with E-state index in [0.717, 1.165) is 28.8 Å². The van der Waals surface area contributed by atoms with E-state index in [9.17, 15) is 0 Å². The van der Waals surface area contributed by atoms with Gasteiger partial charge in [-0.05, 0) is 24.1 Å². The van der Waals surface area contributed by atoms with Gasteiger partial charge in [0.1, 0.15) is 5.82 Å². The molecule has 0 aliphatic carbocycles. The lowest BCUT2D eigenvalue weighted by atomic mass is 10.0. The fourth-order valence-electron chi connectivity index (χ4n) is 2.77. The summed E-state index contributed by atoms with van der Waals surface area (Å²) >= 11 is 0. The molecule has 0 aliphatic heterocycles. The molecule has 5 nitrogen and oxygen atoms in total.